The summed E-state index contributed by atoms with van der Waals surface area (Å²) in [6, 6.07) is 20.7. The number of benzene rings is 2. The minimum atomic E-state index is 0.119. The molecule has 3 heterocycles. The molecule has 2 aromatic heterocycles. The van der Waals surface area contributed by atoms with Gasteiger partial charge in [-0.15, -0.1) is 11.3 Å². The van der Waals surface area contributed by atoms with Crippen LogP contribution in [-0.4, -0.2) is 22.2 Å². The predicted molar refractivity (Wildman–Crippen MR) is 121 cm³/mol. The highest BCUT2D eigenvalue weighted by molar-refractivity contribution is 7.17. The summed E-state index contributed by atoms with van der Waals surface area (Å²) in [5.41, 5.74) is 8.18. The summed E-state index contributed by atoms with van der Waals surface area (Å²) in [5, 5.41) is 4.85. The van der Waals surface area contributed by atoms with E-state index < -0.39 is 0 Å². The van der Waals surface area contributed by atoms with Crippen LogP contribution in [0.1, 0.15) is 32.2 Å². The fourth-order valence-electron chi connectivity index (χ4n) is 4.75. The van der Waals surface area contributed by atoms with Crippen molar-refractivity contribution in [1.82, 2.24) is 9.78 Å². The van der Waals surface area contributed by atoms with E-state index in [1.165, 1.54) is 27.3 Å². The third-order valence-corrected chi connectivity index (χ3v) is 7.35. The molecule has 0 unspecified atom stereocenters. The summed E-state index contributed by atoms with van der Waals surface area (Å²) in [7, 11) is 0. The fraction of sp³-hybridized carbons (Fsp3) is 0.200. The Labute approximate surface area is 179 Å². The van der Waals surface area contributed by atoms with Crippen molar-refractivity contribution in [2.45, 2.75) is 26.2 Å². The van der Waals surface area contributed by atoms with E-state index in [2.05, 4.69) is 41.9 Å². The number of thiophene rings is 1. The molecular weight excluding hydrogens is 390 g/mol. The van der Waals surface area contributed by atoms with Crippen molar-refractivity contribution in [2.75, 3.05) is 11.4 Å². The van der Waals surface area contributed by atoms with E-state index >= 15 is 0 Å². The van der Waals surface area contributed by atoms with Crippen LogP contribution in [0.5, 0.6) is 0 Å². The number of anilines is 1. The number of carbonyl (C=O) groups excluding carboxylic acids is 1. The quantitative estimate of drug-likeness (QED) is 0.454. The van der Waals surface area contributed by atoms with Crippen molar-refractivity contribution in [3.05, 3.63) is 88.1 Å². The molecule has 0 spiro atoms. The number of nitrogens with zero attached hydrogens (tertiary/aromatic N) is 3. The molecule has 0 radical (unpaired) electrons. The number of carbonyl (C=O) groups is 1. The molecule has 148 valence electrons. The smallest absolute Gasteiger partial charge is 0.268 e. The van der Waals surface area contributed by atoms with E-state index in [1.807, 2.05) is 35.2 Å². The molecular formula is C25H21N3OS. The lowest BCUT2D eigenvalue weighted by Gasteiger charge is -2.16. The maximum atomic E-state index is 13.4. The Bertz CT molecular complexity index is 1290. The highest BCUT2D eigenvalue weighted by Gasteiger charge is 2.31. The lowest BCUT2D eigenvalue weighted by Crippen LogP contribution is -2.28. The van der Waals surface area contributed by atoms with Crippen LogP contribution >= 0.6 is 11.3 Å². The van der Waals surface area contributed by atoms with Crippen LogP contribution in [-0.2, 0) is 19.3 Å². The molecule has 1 aliphatic carbocycles. The van der Waals surface area contributed by atoms with Gasteiger partial charge in [0.1, 0.15) is 0 Å². The van der Waals surface area contributed by atoms with Gasteiger partial charge in [-0.1, -0.05) is 36.4 Å². The van der Waals surface area contributed by atoms with Gasteiger partial charge in [-0.2, -0.15) is 5.10 Å². The summed E-state index contributed by atoms with van der Waals surface area (Å²) >= 11 is 1.63. The molecule has 0 saturated heterocycles. The van der Waals surface area contributed by atoms with Gasteiger partial charge >= 0.3 is 0 Å². The molecule has 0 atom stereocenters. The van der Waals surface area contributed by atoms with Crippen LogP contribution in [0.3, 0.4) is 0 Å². The van der Waals surface area contributed by atoms with Gasteiger partial charge in [-0.3, -0.25) is 4.79 Å². The van der Waals surface area contributed by atoms with Crippen LogP contribution in [0, 0.1) is 6.92 Å². The highest BCUT2D eigenvalue weighted by atomic mass is 32.1. The van der Waals surface area contributed by atoms with Gasteiger partial charge in [0.05, 0.1) is 22.0 Å². The first-order valence-electron chi connectivity index (χ1n) is 10.4. The molecule has 2 aliphatic rings. The Balaban J connectivity index is 1.40. The van der Waals surface area contributed by atoms with Crippen molar-refractivity contribution in [3.63, 3.8) is 0 Å². The number of rotatable bonds is 2. The summed E-state index contributed by atoms with van der Waals surface area (Å²) in [6.07, 6.45) is 2.82. The summed E-state index contributed by atoms with van der Waals surface area (Å²) in [5.74, 6) is 0.119. The number of fused-ring (bicyclic) bond motifs is 4. The first-order valence-corrected chi connectivity index (χ1v) is 11.2. The Morgan fingerprint density at radius 1 is 0.967 bits per heavy atom. The molecule has 0 bridgehead atoms. The zero-order valence-electron chi connectivity index (χ0n) is 16.8. The monoisotopic (exact) mass is 411 g/mol. The van der Waals surface area contributed by atoms with E-state index in [1.54, 1.807) is 11.3 Å². The molecule has 6 rings (SSSR count). The van der Waals surface area contributed by atoms with Gasteiger partial charge in [0.15, 0.2) is 0 Å². The van der Waals surface area contributed by atoms with E-state index in [0.717, 1.165) is 47.8 Å². The fourth-order valence-corrected chi connectivity index (χ4v) is 6.03. The van der Waals surface area contributed by atoms with E-state index in [4.69, 9.17) is 5.10 Å². The van der Waals surface area contributed by atoms with Crippen LogP contribution in [0.4, 0.5) is 5.69 Å². The standard InChI is InChI=1S/C25H21N3OS/c1-16-23-21(28(26-16)19-8-3-2-4-9-19)12-11-18-15-22(30-24(18)23)25(29)27-14-13-17-7-5-6-10-20(17)27/h2-10,15H,11-14H2,1H3. The number of para-hydroxylation sites is 2. The molecule has 0 N–H and O–H groups in total. The normalized spacial score (nSPS) is 14.4. The third kappa shape index (κ3) is 2.58. The van der Waals surface area contributed by atoms with Gasteiger partial charge in [0, 0.05) is 22.7 Å². The number of aromatic nitrogens is 2. The van der Waals surface area contributed by atoms with Crippen LogP contribution in [0.25, 0.3) is 16.1 Å². The Morgan fingerprint density at radius 2 is 1.77 bits per heavy atom. The topological polar surface area (TPSA) is 38.1 Å². The minimum Gasteiger partial charge on any atom is -0.307 e. The zero-order valence-corrected chi connectivity index (χ0v) is 17.6. The number of hydrogen-bond donors (Lipinski definition) is 0. The van der Waals surface area contributed by atoms with Crippen molar-refractivity contribution >= 4 is 22.9 Å². The first kappa shape index (κ1) is 17.7. The SMILES string of the molecule is Cc1nn(-c2ccccc2)c2c1-c1sc(C(=O)N3CCc4ccccc43)cc1CC2. The van der Waals surface area contributed by atoms with Crippen molar-refractivity contribution < 1.29 is 4.79 Å². The second-order valence-corrected chi connectivity index (χ2v) is 9.01. The second kappa shape index (κ2) is 6.67. The largest absolute Gasteiger partial charge is 0.307 e. The van der Waals surface area contributed by atoms with Crippen LogP contribution in [0.2, 0.25) is 0 Å². The Morgan fingerprint density at radius 3 is 2.63 bits per heavy atom. The Kier molecular flexibility index (Phi) is 3.93. The minimum absolute atomic E-state index is 0.119. The number of hydrogen-bond acceptors (Lipinski definition) is 3. The molecule has 30 heavy (non-hydrogen) atoms. The third-order valence-electron chi connectivity index (χ3n) is 6.17. The molecule has 5 heteroatoms. The van der Waals surface area contributed by atoms with E-state index in [0.29, 0.717) is 0 Å². The van der Waals surface area contributed by atoms with Gasteiger partial charge in [-0.25, -0.2) is 4.68 Å². The average molecular weight is 412 g/mol. The number of aryl methyl sites for hydroxylation is 2. The average Bonchev–Trinajstić information content (AvgIpc) is 3.48. The number of amides is 1. The predicted octanol–water partition coefficient (Wildman–Crippen LogP) is 5.21. The Hall–Kier alpha value is -3.18. The molecule has 0 saturated carbocycles. The zero-order chi connectivity index (χ0) is 20.2. The second-order valence-electron chi connectivity index (χ2n) is 7.95. The lowest BCUT2D eigenvalue weighted by molar-refractivity contribution is 0.0993. The molecule has 1 amide bonds. The molecule has 1 aliphatic heterocycles. The van der Waals surface area contributed by atoms with Gasteiger partial charge < -0.3 is 4.90 Å². The molecule has 0 fully saturated rings. The molecule has 4 aromatic rings. The molecule has 4 nitrogen and oxygen atoms in total. The van der Waals surface area contributed by atoms with Crippen molar-refractivity contribution in [3.8, 4) is 16.1 Å². The highest BCUT2D eigenvalue weighted by Crippen LogP contribution is 2.43. The van der Waals surface area contributed by atoms with E-state index in [9.17, 15) is 4.79 Å². The van der Waals surface area contributed by atoms with E-state index in [-0.39, 0.29) is 5.91 Å². The van der Waals surface area contributed by atoms with Crippen molar-refractivity contribution in [2.24, 2.45) is 0 Å². The lowest BCUT2D eigenvalue weighted by atomic mass is 9.95. The van der Waals surface area contributed by atoms with Crippen molar-refractivity contribution in [1.29, 1.82) is 0 Å². The van der Waals surface area contributed by atoms with Gasteiger partial charge in [0.25, 0.3) is 5.91 Å². The van der Waals surface area contributed by atoms with Gasteiger partial charge in [0.2, 0.25) is 0 Å². The van der Waals surface area contributed by atoms with Crippen LogP contribution < -0.4 is 4.90 Å². The van der Waals surface area contributed by atoms with Crippen LogP contribution in [0.15, 0.2) is 60.7 Å². The maximum Gasteiger partial charge on any atom is 0.268 e. The maximum absolute atomic E-state index is 13.4. The summed E-state index contributed by atoms with van der Waals surface area (Å²) in [6.45, 7) is 2.84. The summed E-state index contributed by atoms with van der Waals surface area (Å²) < 4.78 is 2.07. The summed E-state index contributed by atoms with van der Waals surface area (Å²) in [4.78, 5) is 17.3. The first-order chi connectivity index (χ1) is 14.7. The van der Waals surface area contributed by atoms with Gasteiger partial charge in [-0.05, 0) is 61.6 Å². The molecule has 2 aromatic carbocycles.